The van der Waals surface area contributed by atoms with E-state index in [1.54, 1.807) is 11.3 Å². The van der Waals surface area contributed by atoms with E-state index in [9.17, 15) is 4.79 Å². The lowest BCUT2D eigenvalue weighted by molar-refractivity contribution is -0.133. The fraction of sp³-hybridized carbons (Fsp3) is 0.476. The average molecular weight is 404 g/mol. The zero-order chi connectivity index (χ0) is 18.6. The van der Waals surface area contributed by atoms with Gasteiger partial charge < -0.3 is 4.90 Å². The lowest BCUT2D eigenvalue weighted by Gasteiger charge is -2.35. The highest BCUT2D eigenvalue weighted by atomic mass is 35.5. The molecule has 2 aromatic rings. The van der Waals surface area contributed by atoms with Crippen LogP contribution in [-0.2, 0) is 11.3 Å². The molecule has 1 aromatic heterocycles. The number of rotatable bonds is 5. The molecule has 2 saturated heterocycles. The molecule has 1 amide bonds. The fourth-order valence-corrected chi connectivity index (χ4v) is 5.08. The van der Waals surface area contributed by atoms with Crippen molar-refractivity contribution in [3.63, 3.8) is 0 Å². The van der Waals surface area contributed by atoms with Crippen molar-refractivity contribution in [2.75, 3.05) is 39.3 Å². The molecule has 0 bridgehead atoms. The summed E-state index contributed by atoms with van der Waals surface area (Å²) in [6.45, 7) is 6.32. The third-order valence-corrected chi connectivity index (χ3v) is 6.81. The molecule has 4 nitrogen and oxygen atoms in total. The summed E-state index contributed by atoms with van der Waals surface area (Å²) in [4.78, 5) is 21.1. The second-order valence-electron chi connectivity index (χ2n) is 7.44. The Bertz CT molecular complexity index is 741. The number of thiophene rings is 1. The first-order valence-electron chi connectivity index (χ1n) is 9.71. The van der Waals surface area contributed by atoms with E-state index in [2.05, 4.69) is 44.3 Å². The van der Waals surface area contributed by atoms with Crippen LogP contribution >= 0.6 is 22.9 Å². The van der Waals surface area contributed by atoms with Gasteiger partial charge in [0.05, 0.1) is 12.6 Å². The molecule has 2 aliphatic rings. The standard InChI is InChI=1S/C21H26ClN3OS/c22-18-7-5-17(6-8-18)15-23-10-12-24(13-11-23)16-21(26)25-9-1-3-19(25)20-4-2-14-27-20/h2,4-8,14,19H,1,3,9-13,15-16H2/t19-/m0/s1. The van der Waals surface area contributed by atoms with Crippen molar-refractivity contribution in [1.82, 2.24) is 14.7 Å². The smallest absolute Gasteiger partial charge is 0.237 e. The average Bonchev–Trinajstić information content (AvgIpc) is 3.36. The van der Waals surface area contributed by atoms with Crippen LogP contribution in [-0.4, -0.2) is 59.9 Å². The Kier molecular flexibility index (Phi) is 6.13. The molecule has 0 radical (unpaired) electrons. The number of carbonyl (C=O) groups is 1. The Hall–Kier alpha value is -1.40. The molecule has 2 fully saturated rings. The van der Waals surface area contributed by atoms with Crippen LogP contribution in [0.15, 0.2) is 41.8 Å². The maximum absolute atomic E-state index is 12.9. The van der Waals surface area contributed by atoms with Crippen molar-refractivity contribution in [3.05, 3.63) is 57.2 Å². The lowest BCUT2D eigenvalue weighted by atomic mass is 10.2. The second-order valence-corrected chi connectivity index (χ2v) is 8.86. The van der Waals surface area contributed by atoms with Crippen molar-refractivity contribution >= 4 is 28.8 Å². The van der Waals surface area contributed by atoms with Gasteiger partial charge in [-0.3, -0.25) is 14.6 Å². The van der Waals surface area contributed by atoms with Gasteiger partial charge in [0.2, 0.25) is 5.91 Å². The van der Waals surface area contributed by atoms with Crippen LogP contribution in [0.2, 0.25) is 5.02 Å². The normalized spacial score (nSPS) is 21.7. The van der Waals surface area contributed by atoms with Crippen LogP contribution in [0, 0.1) is 0 Å². The predicted octanol–water partition coefficient (Wildman–Crippen LogP) is 3.88. The van der Waals surface area contributed by atoms with Gasteiger partial charge in [-0.15, -0.1) is 11.3 Å². The van der Waals surface area contributed by atoms with E-state index >= 15 is 0 Å². The zero-order valence-corrected chi connectivity index (χ0v) is 17.1. The summed E-state index contributed by atoms with van der Waals surface area (Å²) >= 11 is 7.73. The van der Waals surface area contributed by atoms with E-state index < -0.39 is 0 Å². The summed E-state index contributed by atoms with van der Waals surface area (Å²) in [5.41, 5.74) is 1.29. The highest BCUT2D eigenvalue weighted by Crippen LogP contribution is 2.34. The van der Waals surface area contributed by atoms with Crippen molar-refractivity contribution in [2.45, 2.75) is 25.4 Å². The highest BCUT2D eigenvalue weighted by Gasteiger charge is 2.31. The number of carbonyl (C=O) groups excluding carboxylic acids is 1. The third-order valence-electron chi connectivity index (χ3n) is 5.59. The van der Waals surface area contributed by atoms with Gasteiger partial charge in [-0.25, -0.2) is 0 Å². The van der Waals surface area contributed by atoms with Crippen molar-refractivity contribution in [3.8, 4) is 0 Å². The molecule has 4 rings (SSSR count). The van der Waals surface area contributed by atoms with Gasteiger partial charge in [-0.05, 0) is 42.0 Å². The molecular weight excluding hydrogens is 378 g/mol. The number of hydrogen-bond donors (Lipinski definition) is 0. The number of hydrogen-bond acceptors (Lipinski definition) is 4. The molecule has 3 heterocycles. The SMILES string of the molecule is O=C(CN1CCN(Cc2ccc(Cl)cc2)CC1)N1CCC[C@H]1c1cccs1. The van der Waals surface area contributed by atoms with Gasteiger partial charge in [-0.2, -0.15) is 0 Å². The number of benzene rings is 1. The molecule has 27 heavy (non-hydrogen) atoms. The summed E-state index contributed by atoms with van der Waals surface area (Å²) < 4.78 is 0. The molecule has 0 saturated carbocycles. The topological polar surface area (TPSA) is 26.8 Å². The van der Waals surface area contributed by atoms with Crippen LogP contribution in [0.4, 0.5) is 0 Å². The zero-order valence-electron chi connectivity index (χ0n) is 15.5. The van der Waals surface area contributed by atoms with E-state index in [0.717, 1.165) is 57.1 Å². The predicted molar refractivity (Wildman–Crippen MR) is 111 cm³/mol. The summed E-state index contributed by atoms with van der Waals surface area (Å²) in [7, 11) is 0. The van der Waals surface area contributed by atoms with Gasteiger partial charge in [-0.1, -0.05) is 29.8 Å². The summed E-state index contributed by atoms with van der Waals surface area (Å²) in [6.07, 6.45) is 2.21. The van der Waals surface area contributed by atoms with Crippen LogP contribution in [0.1, 0.15) is 29.3 Å². The van der Waals surface area contributed by atoms with Gasteiger partial charge >= 0.3 is 0 Å². The minimum atomic E-state index is 0.289. The number of likely N-dealkylation sites (tertiary alicyclic amines) is 1. The maximum atomic E-state index is 12.9. The van der Waals surface area contributed by atoms with Crippen molar-refractivity contribution in [1.29, 1.82) is 0 Å². The van der Waals surface area contributed by atoms with Gasteiger partial charge in [0.15, 0.2) is 0 Å². The van der Waals surface area contributed by atoms with Gasteiger partial charge in [0, 0.05) is 49.2 Å². The molecule has 0 unspecified atom stereocenters. The summed E-state index contributed by atoms with van der Waals surface area (Å²) in [5, 5.41) is 2.89. The Balaban J connectivity index is 1.26. The van der Waals surface area contributed by atoms with E-state index in [4.69, 9.17) is 11.6 Å². The lowest BCUT2D eigenvalue weighted by Crippen LogP contribution is -2.49. The quantitative estimate of drug-likeness (QED) is 0.757. The summed E-state index contributed by atoms with van der Waals surface area (Å²) in [6, 6.07) is 12.6. The van der Waals surface area contributed by atoms with Crippen LogP contribution in [0.3, 0.4) is 0 Å². The van der Waals surface area contributed by atoms with E-state index in [1.807, 2.05) is 12.1 Å². The molecule has 144 valence electrons. The van der Waals surface area contributed by atoms with Crippen LogP contribution in [0.5, 0.6) is 0 Å². The van der Waals surface area contributed by atoms with E-state index in [0.29, 0.717) is 12.6 Å². The monoisotopic (exact) mass is 403 g/mol. The summed E-state index contributed by atoms with van der Waals surface area (Å²) in [5.74, 6) is 0.289. The Labute approximate surface area is 170 Å². The fourth-order valence-electron chi connectivity index (χ4n) is 4.08. The molecule has 6 heteroatoms. The maximum Gasteiger partial charge on any atom is 0.237 e. The van der Waals surface area contributed by atoms with E-state index in [1.165, 1.54) is 10.4 Å². The first-order chi connectivity index (χ1) is 13.2. The largest absolute Gasteiger partial charge is 0.334 e. The van der Waals surface area contributed by atoms with Crippen LogP contribution in [0.25, 0.3) is 0 Å². The second kappa shape index (κ2) is 8.74. The molecule has 1 aromatic carbocycles. The number of nitrogens with zero attached hydrogens (tertiary/aromatic N) is 3. The molecular formula is C21H26ClN3OS. The Morgan fingerprint density at radius 3 is 2.48 bits per heavy atom. The molecule has 1 atom stereocenters. The molecule has 2 aliphatic heterocycles. The molecule has 0 N–H and O–H groups in total. The molecule has 0 spiro atoms. The highest BCUT2D eigenvalue weighted by molar-refractivity contribution is 7.10. The Morgan fingerprint density at radius 1 is 1.04 bits per heavy atom. The first-order valence-corrected chi connectivity index (χ1v) is 11.0. The minimum absolute atomic E-state index is 0.289. The van der Waals surface area contributed by atoms with Gasteiger partial charge in [0.25, 0.3) is 0 Å². The minimum Gasteiger partial charge on any atom is -0.334 e. The van der Waals surface area contributed by atoms with Crippen molar-refractivity contribution < 1.29 is 4.79 Å². The first kappa shape index (κ1) is 18.9. The van der Waals surface area contributed by atoms with Crippen molar-refractivity contribution in [2.24, 2.45) is 0 Å². The number of amides is 1. The van der Waals surface area contributed by atoms with E-state index in [-0.39, 0.29) is 5.91 Å². The molecule has 0 aliphatic carbocycles. The number of halogens is 1. The third kappa shape index (κ3) is 4.72. The Morgan fingerprint density at radius 2 is 1.78 bits per heavy atom. The van der Waals surface area contributed by atoms with Gasteiger partial charge in [0.1, 0.15) is 0 Å². The number of piperazine rings is 1. The van der Waals surface area contributed by atoms with Crippen LogP contribution < -0.4 is 0 Å².